The van der Waals surface area contributed by atoms with Gasteiger partial charge in [0.15, 0.2) is 17.5 Å². The third-order valence-corrected chi connectivity index (χ3v) is 4.46. The van der Waals surface area contributed by atoms with Crippen molar-refractivity contribution in [1.82, 2.24) is 5.32 Å². The predicted molar refractivity (Wildman–Crippen MR) is 110 cm³/mol. The molecule has 1 fully saturated rings. The molecule has 1 aliphatic carbocycles. The Morgan fingerprint density at radius 3 is 2.72 bits per heavy atom. The van der Waals surface area contributed by atoms with E-state index in [1.807, 2.05) is 25.1 Å². The van der Waals surface area contributed by atoms with E-state index in [-0.39, 0.29) is 36.0 Å². The van der Waals surface area contributed by atoms with Gasteiger partial charge in [0.25, 0.3) is 0 Å². The molecule has 1 saturated carbocycles. The molecule has 0 aromatic heterocycles. The molecular weight excluding hydrogens is 433 g/mol. The minimum atomic E-state index is -0.213. The van der Waals surface area contributed by atoms with E-state index < -0.39 is 0 Å². The maximum absolute atomic E-state index is 9.94. The molecule has 6 nitrogen and oxygen atoms in total. The van der Waals surface area contributed by atoms with E-state index in [4.69, 9.17) is 9.47 Å². The molecule has 0 spiro atoms. The summed E-state index contributed by atoms with van der Waals surface area (Å²) in [5, 5.41) is 16.5. The minimum Gasteiger partial charge on any atom is -0.490 e. The molecule has 1 aliphatic heterocycles. The van der Waals surface area contributed by atoms with Gasteiger partial charge in [-0.15, -0.1) is 24.0 Å². The van der Waals surface area contributed by atoms with E-state index in [0.29, 0.717) is 19.8 Å². The van der Waals surface area contributed by atoms with Gasteiger partial charge in [0.1, 0.15) is 0 Å². The molecule has 2 aliphatic rings. The summed E-state index contributed by atoms with van der Waals surface area (Å²) in [5.74, 6) is 2.55. The molecule has 0 amide bonds. The van der Waals surface area contributed by atoms with Crippen molar-refractivity contribution >= 4 is 35.6 Å². The average molecular weight is 461 g/mol. The first-order valence-electron chi connectivity index (χ1n) is 8.89. The van der Waals surface area contributed by atoms with Crippen LogP contribution in [-0.4, -0.2) is 43.5 Å². The number of fused-ring (bicyclic) bond motifs is 1. The van der Waals surface area contributed by atoms with Gasteiger partial charge in [0.05, 0.1) is 19.3 Å². The smallest absolute Gasteiger partial charge is 0.195 e. The van der Waals surface area contributed by atoms with Crippen LogP contribution in [0.1, 0.15) is 32.6 Å². The number of aliphatic imine (C=N–C) groups is 1. The Morgan fingerprint density at radius 1 is 1.20 bits per heavy atom. The second kappa shape index (κ2) is 10.1. The zero-order valence-electron chi connectivity index (χ0n) is 14.7. The Kier molecular flexibility index (Phi) is 8.08. The SMILES string of the molecule is CCNC(=NCC1CCCC1O)Nc1ccc2c(c1)OCCCO2.I. The lowest BCUT2D eigenvalue weighted by Gasteiger charge is -2.16. The molecular formula is C18H28IN3O3. The van der Waals surface area contributed by atoms with Crippen molar-refractivity contribution in [3.63, 3.8) is 0 Å². The first-order valence-corrected chi connectivity index (χ1v) is 8.89. The van der Waals surface area contributed by atoms with Gasteiger partial charge in [-0.3, -0.25) is 4.99 Å². The maximum Gasteiger partial charge on any atom is 0.195 e. The zero-order chi connectivity index (χ0) is 16.8. The van der Waals surface area contributed by atoms with Crippen LogP contribution in [0.4, 0.5) is 5.69 Å². The molecule has 1 heterocycles. The molecule has 7 heteroatoms. The van der Waals surface area contributed by atoms with Gasteiger partial charge in [-0.05, 0) is 31.9 Å². The third kappa shape index (κ3) is 5.64. The van der Waals surface area contributed by atoms with Crippen LogP contribution in [0, 0.1) is 5.92 Å². The van der Waals surface area contributed by atoms with E-state index >= 15 is 0 Å². The minimum absolute atomic E-state index is 0. The fourth-order valence-electron chi connectivity index (χ4n) is 3.12. The zero-order valence-corrected chi connectivity index (χ0v) is 17.0. The van der Waals surface area contributed by atoms with Gasteiger partial charge in [-0.25, -0.2) is 0 Å². The molecule has 0 radical (unpaired) electrons. The summed E-state index contributed by atoms with van der Waals surface area (Å²) in [6.07, 6.45) is 3.72. The molecule has 3 N–H and O–H groups in total. The number of ether oxygens (including phenoxy) is 2. The van der Waals surface area contributed by atoms with E-state index in [0.717, 1.165) is 55.4 Å². The molecule has 0 bridgehead atoms. The normalized spacial score (nSPS) is 22.7. The van der Waals surface area contributed by atoms with Crippen LogP contribution in [0.15, 0.2) is 23.2 Å². The average Bonchev–Trinajstić information content (AvgIpc) is 2.85. The Labute approximate surface area is 166 Å². The Morgan fingerprint density at radius 2 is 2.00 bits per heavy atom. The van der Waals surface area contributed by atoms with Crippen LogP contribution in [0.2, 0.25) is 0 Å². The number of guanidine groups is 1. The van der Waals surface area contributed by atoms with Crippen LogP contribution in [0.3, 0.4) is 0 Å². The summed E-state index contributed by atoms with van der Waals surface area (Å²) < 4.78 is 11.4. The number of hydrogen-bond donors (Lipinski definition) is 3. The maximum atomic E-state index is 9.94. The summed E-state index contributed by atoms with van der Waals surface area (Å²) in [6.45, 7) is 4.82. The summed E-state index contributed by atoms with van der Waals surface area (Å²) in [7, 11) is 0. The number of halogens is 1. The number of anilines is 1. The Balaban J connectivity index is 0.00000225. The van der Waals surface area contributed by atoms with Crippen molar-refractivity contribution in [2.75, 3.05) is 31.6 Å². The fraction of sp³-hybridized carbons (Fsp3) is 0.611. The quantitative estimate of drug-likeness (QED) is 0.365. The number of rotatable bonds is 4. The van der Waals surface area contributed by atoms with Crippen molar-refractivity contribution in [2.24, 2.45) is 10.9 Å². The van der Waals surface area contributed by atoms with Gasteiger partial charge in [-0.2, -0.15) is 0 Å². The van der Waals surface area contributed by atoms with Crippen molar-refractivity contribution in [1.29, 1.82) is 0 Å². The second-order valence-electron chi connectivity index (χ2n) is 6.31. The number of aliphatic hydroxyl groups excluding tert-OH is 1. The highest BCUT2D eigenvalue weighted by Gasteiger charge is 2.24. The second-order valence-corrected chi connectivity index (χ2v) is 6.31. The topological polar surface area (TPSA) is 75.1 Å². The van der Waals surface area contributed by atoms with Crippen LogP contribution < -0.4 is 20.1 Å². The summed E-state index contributed by atoms with van der Waals surface area (Å²) in [5.41, 5.74) is 0.908. The Bertz CT molecular complexity index is 583. The monoisotopic (exact) mass is 461 g/mol. The predicted octanol–water partition coefficient (Wildman–Crippen LogP) is 3.00. The number of aliphatic hydroxyl groups is 1. The lowest BCUT2D eigenvalue weighted by molar-refractivity contribution is 0.137. The third-order valence-electron chi connectivity index (χ3n) is 4.46. The molecule has 25 heavy (non-hydrogen) atoms. The Hall–Kier alpha value is -1.22. The molecule has 1 aromatic carbocycles. The number of hydrogen-bond acceptors (Lipinski definition) is 4. The number of nitrogens with zero attached hydrogens (tertiary/aromatic N) is 1. The molecule has 2 atom stereocenters. The van der Waals surface area contributed by atoms with Gasteiger partial charge >= 0.3 is 0 Å². The number of nitrogens with one attached hydrogen (secondary N) is 2. The first-order chi connectivity index (χ1) is 11.8. The van der Waals surface area contributed by atoms with Crippen molar-refractivity contribution in [3.05, 3.63) is 18.2 Å². The van der Waals surface area contributed by atoms with Gasteiger partial charge in [0.2, 0.25) is 0 Å². The first kappa shape index (κ1) is 20.1. The highest BCUT2D eigenvalue weighted by Crippen LogP contribution is 2.32. The van der Waals surface area contributed by atoms with Crippen molar-refractivity contribution in [3.8, 4) is 11.5 Å². The lowest BCUT2D eigenvalue weighted by Crippen LogP contribution is -2.31. The molecule has 2 unspecified atom stereocenters. The summed E-state index contributed by atoms with van der Waals surface area (Å²) >= 11 is 0. The lowest BCUT2D eigenvalue weighted by atomic mass is 10.1. The number of benzene rings is 1. The van der Waals surface area contributed by atoms with Crippen LogP contribution in [-0.2, 0) is 0 Å². The molecule has 3 rings (SSSR count). The fourth-order valence-corrected chi connectivity index (χ4v) is 3.12. The van der Waals surface area contributed by atoms with E-state index in [1.54, 1.807) is 0 Å². The summed E-state index contributed by atoms with van der Waals surface area (Å²) in [6, 6.07) is 5.83. The van der Waals surface area contributed by atoms with Gasteiger partial charge in [-0.1, -0.05) is 6.42 Å². The van der Waals surface area contributed by atoms with E-state index in [2.05, 4.69) is 15.6 Å². The van der Waals surface area contributed by atoms with Crippen LogP contribution >= 0.6 is 24.0 Å². The van der Waals surface area contributed by atoms with E-state index in [1.165, 1.54) is 0 Å². The summed E-state index contributed by atoms with van der Waals surface area (Å²) in [4.78, 5) is 4.63. The van der Waals surface area contributed by atoms with Crippen LogP contribution in [0.25, 0.3) is 0 Å². The van der Waals surface area contributed by atoms with Crippen molar-refractivity contribution < 1.29 is 14.6 Å². The highest BCUT2D eigenvalue weighted by atomic mass is 127. The van der Waals surface area contributed by atoms with Crippen LogP contribution in [0.5, 0.6) is 11.5 Å². The van der Waals surface area contributed by atoms with E-state index in [9.17, 15) is 5.11 Å². The molecule has 0 saturated heterocycles. The van der Waals surface area contributed by atoms with Gasteiger partial charge < -0.3 is 25.2 Å². The highest BCUT2D eigenvalue weighted by molar-refractivity contribution is 14.0. The molecule has 140 valence electrons. The standard InChI is InChI=1S/C18H27N3O3.HI/c1-2-19-18(20-12-13-5-3-6-15(13)22)21-14-7-8-16-17(11-14)24-10-4-9-23-16;/h7-8,11,13,15,22H,2-6,9-10,12H2,1H3,(H2,19,20,21);1H. The molecule has 1 aromatic rings. The van der Waals surface area contributed by atoms with Crippen molar-refractivity contribution in [2.45, 2.75) is 38.7 Å². The largest absolute Gasteiger partial charge is 0.490 e. The van der Waals surface area contributed by atoms with Gasteiger partial charge in [0, 0.05) is 37.2 Å².